The van der Waals surface area contributed by atoms with Crippen LogP contribution in [0, 0.1) is 17.7 Å². The van der Waals surface area contributed by atoms with E-state index in [1.807, 2.05) is 18.2 Å². The quantitative estimate of drug-likeness (QED) is 0.303. The maximum absolute atomic E-state index is 13.8. The molecule has 3 atom stereocenters. The molecule has 0 spiro atoms. The molecule has 0 heterocycles. The normalized spacial score (nSPS) is 13.8. The SMILES string of the molecule is COCCCOc1cc(CC(CC(N)C(O)CNC(=O)Cc2ccccc2F)C(C)C)ccc1OC. The van der Waals surface area contributed by atoms with E-state index in [-0.39, 0.29) is 24.8 Å². The third-order valence-corrected chi connectivity index (χ3v) is 6.31. The van der Waals surface area contributed by atoms with Gasteiger partial charge in [0.1, 0.15) is 5.82 Å². The molecular formula is C28H41FN2O5. The largest absolute Gasteiger partial charge is 0.493 e. The van der Waals surface area contributed by atoms with Crippen LogP contribution in [0.4, 0.5) is 4.39 Å². The number of nitrogens with two attached hydrogens (primary N) is 1. The minimum atomic E-state index is -0.911. The molecule has 0 aromatic heterocycles. The fraction of sp³-hybridized carbons (Fsp3) is 0.536. The predicted molar refractivity (Wildman–Crippen MR) is 139 cm³/mol. The highest BCUT2D eigenvalue weighted by Crippen LogP contribution is 2.31. The van der Waals surface area contributed by atoms with Crippen molar-refractivity contribution < 1.29 is 28.5 Å². The highest BCUT2D eigenvalue weighted by molar-refractivity contribution is 5.78. The zero-order valence-corrected chi connectivity index (χ0v) is 21.8. The number of methoxy groups -OCH3 is 2. The fourth-order valence-corrected chi connectivity index (χ4v) is 3.99. The van der Waals surface area contributed by atoms with Gasteiger partial charge in [-0.1, -0.05) is 38.1 Å². The maximum atomic E-state index is 13.8. The number of ether oxygens (including phenoxy) is 3. The molecule has 1 amide bonds. The first-order valence-electron chi connectivity index (χ1n) is 12.5. The summed E-state index contributed by atoms with van der Waals surface area (Å²) < 4.78 is 30.2. The van der Waals surface area contributed by atoms with Crippen LogP contribution in [0.2, 0.25) is 0 Å². The van der Waals surface area contributed by atoms with Crippen LogP contribution in [-0.2, 0) is 22.4 Å². The average Bonchev–Trinajstić information content (AvgIpc) is 2.86. The van der Waals surface area contributed by atoms with Crippen molar-refractivity contribution in [3.05, 3.63) is 59.4 Å². The molecule has 3 unspecified atom stereocenters. The van der Waals surface area contributed by atoms with Crippen molar-refractivity contribution in [1.82, 2.24) is 5.32 Å². The van der Waals surface area contributed by atoms with E-state index in [0.29, 0.717) is 42.6 Å². The van der Waals surface area contributed by atoms with Gasteiger partial charge >= 0.3 is 0 Å². The minimum Gasteiger partial charge on any atom is -0.493 e. The molecule has 2 rings (SSSR count). The molecule has 0 saturated heterocycles. The summed E-state index contributed by atoms with van der Waals surface area (Å²) in [5.41, 5.74) is 7.73. The van der Waals surface area contributed by atoms with Crippen LogP contribution in [0.1, 0.15) is 37.8 Å². The molecule has 0 radical (unpaired) electrons. The standard InChI is InChI=1S/C28H41FN2O5/c1-19(2)22(14-20-10-11-26(35-4)27(15-20)36-13-7-12-34-3)16-24(30)25(32)18-31-28(33)17-21-8-5-6-9-23(21)29/h5-6,8-11,15,19,22,24-25,32H,7,12-14,16-18,30H2,1-4H3,(H,31,33). The number of carbonyl (C=O) groups excluding carboxylic acids is 1. The molecule has 0 aliphatic rings. The Labute approximate surface area is 214 Å². The Kier molecular flexibility index (Phi) is 12.7. The number of benzene rings is 2. The van der Waals surface area contributed by atoms with Gasteiger partial charge in [-0.2, -0.15) is 0 Å². The lowest BCUT2D eigenvalue weighted by atomic mass is 9.83. The van der Waals surface area contributed by atoms with Gasteiger partial charge in [-0.25, -0.2) is 4.39 Å². The molecule has 0 aliphatic carbocycles. The molecule has 0 fully saturated rings. The van der Waals surface area contributed by atoms with Crippen molar-refractivity contribution in [1.29, 1.82) is 0 Å². The van der Waals surface area contributed by atoms with Crippen molar-refractivity contribution in [3.8, 4) is 11.5 Å². The van der Waals surface area contributed by atoms with E-state index >= 15 is 0 Å². The highest BCUT2D eigenvalue weighted by Gasteiger charge is 2.23. The molecule has 0 bridgehead atoms. The summed E-state index contributed by atoms with van der Waals surface area (Å²) in [5.74, 6) is 1.12. The van der Waals surface area contributed by atoms with Crippen LogP contribution in [-0.4, -0.2) is 57.1 Å². The molecule has 0 saturated carbocycles. The van der Waals surface area contributed by atoms with Crippen molar-refractivity contribution in [2.24, 2.45) is 17.6 Å². The van der Waals surface area contributed by atoms with Crippen LogP contribution in [0.25, 0.3) is 0 Å². The third-order valence-electron chi connectivity index (χ3n) is 6.31. The van der Waals surface area contributed by atoms with Crippen LogP contribution in [0.3, 0.4) is 0 Å². The van der Waals surface area contributed by atoms with Crippen LogP contribution >= 0.6 is 0 Å². The Hall–Kier alpha value is -2.68. The predicted octanol–water partition coefficient (Wildman–Crippen LogP) is 3.50. The van der Waals surface area contributed by atoms with Crippen molar-refractivity contribution in [2.45, 2.75) is 51.7 Å². The number of aliphatic hydroxyl groups is 1. The monoisotopic (exact) mass is 504 g/mol. The first-order valence-corrected chi connectivity index (χ1v) is 12.5. The summed E-state index contributed by atoms with van der Waals surface area (Å²) in [6.45, 7) is 5.43. The van der Waals surface area contributed by atoms with E-state index in [0.717, 1.165) is 18.4 Å². The Balaban J connectivity index is 1.92. The van der Waals surface area contributed by atoms with E-state index in [4.69, 9.17) is 19.9 Å². The number of rotatable bonds is 16. The van der Waals surface area contributed by atoms with Crippen molar-refractivity contribution in [2.75, 3.05) is 34.0 Å². The van der Waals surface area contributed by atoms with Gasteiger partial charge in [-0.05, 0) is 54.0 Å². The number of halogens is 1. The van der Waals surface area contributed by atoms with E-state index in [9.17, 15) is 14.3 Å². The lowest BCUT2D eigenvalue weighted by Gasteiger charge is -2.27. The molecule has 7 nitrogen and oxygen atoms in total. The average molecular weight is 505 g/mol. The van der Waals surface area contributed by atoms with Gasteiger partial charge in [0, 0.05) is 32.7 Å². The summed E-state index contributed by atoms with van der Waals surface area (Å²) >= 11 is 0. The minimum absolute atomic E-state index is 0.0151. The summed E-state index contributed by atoms with van der Waals surface area (Å²) in [6, 6.07) is 11.5. The molecule has 4 N–H and O–H groups in total. The molecule has 36 heavy (non-hydrogen) atoms. The number of hydrogen-bond donors (Lipinski definition) is 3. The first kappa shape index (κ1) is 29.5. The Morgan fingerprint density at radius 1 is 1.11 bits per heavy atom. The number of amides is 1. The number of hydrogen-bond acceptors (Lipinski definition) is 6. The lowest BCUT2D eigenvalue weighted by molar-refractivity contribution is -0.121. The summed E-state index contributed by atoms with van der Waals surface area (Å²) in [7, 11) is 3.28. The van der Waals surface area contributed by atoms with Crippen molar-refractivity contribution in [3.63, 3.8) is 0 Å². The number of aliphatic hydroxyl groups excluding tert-OH is 1. The Bertz CT molecular complexity index is 940. The summed E-state index contributed by atoms with van der Waals surface area (Å²) in [5, 5.41) is 13.2. The number of nitrogens with one attached hydrogen (secondary N) is 1. The molecule has 8 heteroatoms. The van der Waals surface area contributed by atoms with E-state index in [2.05, 4.69) is 19.2 Å². The van der Waals surface area contributed by atoms with Gasteiger partial charge in [-0.3, -0.25) is 4.79 Å². The highest BCUT2D eigenvalue weighted by atomic mass is 19.1. The fourth-order valence-electron chi connectivity index (χ4n) is 3.99. The van der Waals surface area contributed by atoms with Crippen LogP contribution in [0.15, 0.2) is 42.5 Å². The van der Waals surface area contributed by atoms with Gasteiger partial charge in [0.25, 0.3) is 0 Å². The molecule has 200 valence electrons. The lowest BCUT2D eigenvalue weighted by Crippen LogP contribution is -2.45. The van der Waals surface area contributed by atoms with Crippen LogP contribution < -0.4 is 20.5 Å². The summed E-state index contributed by atoms with van der Waals surface area (Å²) in [4.78, 5) is 12.2. The smallest absolute Gasteiger partial charge is 0.224 e. The van der Waals surface area contributed by atoms with Gasteiger partial charge in [0.2, 0.25) is 5.91 Å². The molecular weight excluding hydrogens is 463 g/mol. The second-order valence-electron chi connectivity index (χ2n) is 9.43. The number of carbonyl (C=O) groups is 1. The molecule has 2 aromatic carbocycles. The Morgan fingerprint density at radius 3 is 2.53 bits per heavy atom. The van der Waals surface area contributed by atoms with E-state index in [1.54, 1.807) is 32.4 Å². The van der Waals surface area contributed by atoms with E-state index < -0.39 is 18.0 Å². The van der Waals surface area contributed by atoms with Gasteiger partial charge in [-0.15, -0.1) is 0 Å². The second kappa shape index (κ2) is 15.4. The molecule has 2 aromatic rings. The van der Waals surface area contributed by atoms with Gasteiger partial charge in [0.15, 0.2) is 11.5 Å². The maximum Gasteiger partial charge on any atom is 0.224 e. The van der Waals surface area contributed by atoms with Gasteiger partial charge < -0.3 is 30.4 Å². The molecule has 0 aliphatic heterocycles. The van der Waals surface area contributed by atoms with E-state index in [1.165, 1.54) is 6.07 Å². The second-order valence-corrected chi connectivity index (χ2v) is 9.43. The third kappa shape index (κ3) is 9.76. The summed E-state index contributed by atoms with van der Waals surface area (Å²) in [6.07, 6.45) is 1.12. The first-order chi connectivity index (χ1) is 17.2. The van der Waals surface area contributed by atoms with Crippen LogP contribution in [0.5, 0.6) is 11.5 Å². The topological polar surface area (TPSA) is 103 Å². The zero-order valence-electron chi connectivity index (χ0n) is 21.8. The van der Waals surface area contributed by atoms with Crippen molar-refractivity contribution >= 4 is 5.91 Å². The Morgan fingerprint density at radius 2 is 1.86 bits per heavy atom. The van der Waals surface area contributed by atoms with Gasteiger partial charge in [0.05, 0.1) is 26.2 Å². The zero-order chi connectivity index (χ0) is 26.5.